The lowest BCUT2D eigenvalue weighted by Gasteiger charge is -2.39. The second kappa shape index (κ2) is 6.29. The third kappa shape index (κ3) is 2.90. The van der Waals surface area contributed by atoms with E-state index >= 15 is 0 Å². The van der Waals surface area contributed by atoms with Crippen LogP contribution in [0.3, 0.4) is 0 Å². The van der Waals surface area contributed by atoms with Gasteiger partial charge in [-0.1, -0.05) is 24.3 Å². The second-order valence-electron chi connectivity index (χ2n) is 6.18. The van der Waals surface area contributed by atoms with Gasteiger partial charge < -0.3 is 5.32 Å². The lowest BCUT2D eigenvalue weighted by Crippen LogP contribution is -2.40. The molecule has 0 bridgehead atoms. The molecule has 3 heteroatoms. The van der Waals surface area contributed by atoms with Crippen LogP contribution in [0.25, 0.3) is 0 Å². The summed E-state index contributed by atoms with van der Waals surface area (Å²) in [6, 6.07) is 9.05. The van der Waals surface area contributed by atoms with Crippen LogP contribution in [0, 0.1) is 6.92 Å². The Morgan fingerprint density at radius 1 is 1.33 bits per heavy atom. The zero-order valence-corrected chi connectivity index (χ0v) is 13.8. The van der Waals surface area contributed by atoms with E-state index in [2.05, 4.69) is 48.5 Å². The van der Waals surface area contributed by atoms with Gasteiger partial charge in [0.25, 0.3) is 0 Å². The summed E-state index contributed by atoms with van der Waals surface area (Å²) in [5.41, 5.74) is 6.61. The lowest BCUT2D eigenvalue weighted by atomic mass is 9.67. The normalized spacial score (nSPS) is 21.2. The zero-order chi connectivity index (χ0) is 14.7. The Balaban J connectivity index is 1.88. The fourth-order valence-electron chi connectivity index (χ4n) is 3.80. The van der Waals surface area contributed by atoms with Crippen molar-refractivity contribution in [3.63, 3.8) is 0 Å². The summed E-state index contributed by atoms with van der Waals surface area (Å²) in [5, 5.41) is 3.45. The number of likely N-dealkylation sites (N-methyl/N-ethyl adjacent to an activating group) is 1. The lowest BCUT2D eigenvalue weighted by molar-refractivity contribution is 0.325. The predicted octanol–water partition coefficient (Wildman–Crippen LogP) is 3.88. The minimum Gasteiger partial charge on any atom is -0.319 e. The highest BCUT2D eigenvalue weighted by Crippen LogP contribution is 2.40. The molecule has 21 heavy (non-hydrogen) atoms. The van der Waals surface area contributed by atoms with Gasteiger partial charge in [-0.3, -0.25) is 0 Å². The van der Waals surface area contributed by atoms with E-state index in [1.807, 2.05) is 5.51 Å². The Hall–Kier alpha value is -1.19. The molecule has 1 N–H and O–H groups in total. The minimum absolute atomic E-state index is 0.292. The fraction of sp³-hybridized carbons (Fsp3) is 0.500. The van der Waals surface area contributed by atoms with Crippen molar-refractivity contribution >= 4 is 11.3 Å². The molecule has 112 valence electrons. The molecule has 1 atom stereocenters. The molecule has 1 aliphatic carbocycles. The SMILES string of the molecule is CNCC1(CCc2scnc2C)CCCc2ccccc21. The molecule has 0 saturated heterocycles. The molecular weight excluding hydrogens is 276 g/mol. The highest BCUT2D eigenvalue weighted by molar-refractivity contribution is 7.09. The van der Waals surface area contributed by atoms with Gasteiger partial charge in [-0.15, -0.1) is 11.3 Å². The average Bonchev–Trinajstić information content (AvgIpc) is 2.91. The van der Waals surface area contributed by atoms with E-state index in [9.17, 15) is 0 Å². The molecule has 0 fully saturated rings. The number of rotatable bonds is 5. The van der Waals surface area contributed by atoms with Gasteiger partial charge in [-0.25, -0.2) is 4.98 Å². The van der Waals surface area contributed by atoms with Crippen LogP contribution in [0.15, 0.2) is 29.8 Å². The van der Waals surface area contributed by atoms with Gasteiger partial charge in [0.15, 0.2) is 0 Å². The summed E-state index contributed by atoms with van der Waals surface area (Å²) in [6.07, 6.45) is 6.20. The van der Waals surface area contributed by atoms with Crippen LogP contribution in [0.2, 0.25) is 0 Å². The average molecular weight is 300 g/mol. The first-order chi connectivity index (χ1) is 10.2. The molecule has 0 spiro atoms. The van der Waals surface area contributed by atoms with Crippen LogP contribution >= 0.6 is 11.3 Å². The first-order valence-electron chi connectivity index (χ1n) is 7.87. The minimum atomic E-state index is 0.292. The summed E-state index contributed by atoms with van der Waals surface area (Å²) in [6.45, 7) is 3.20. The van der Waals surface area contributed by atoms with Gasteiger partial charge in [-0.05, 0) is 57.2 Å². The highest BCUT2D eigenvalue weighted by Gasteiger charge is 2.35. The maximum absolute atomic E-state index is 4.40. The summed E-state index contributed by atoms with van der Waals surface area (Å²) in [4.78, 5) is 5.85. The van der Waals surface area contributed by atoms with Crippen LogP contribution in [0.5, 0.6) is 0 Å². The molecule has 1 aromatic carbocycles. The van der Waals surface area contributed by atoms with Crippen LogP contribution < -0.4 is 5.32 Å². The van der Waals surface area contributed by atoms with Crippen LogP contribution in [-0.4, -0.2) is 18.6 Å². The van der Waals surface area contributed by atoms with E-state index in [-0.39, 0.29) is 0 Å². The Labute approximate surface area is 131 Å². The van der Waals surface area contributed by atoms with Crippen molar-refractivity contribution in [2.45, 2.75) is 44.4 Å². The molecule has 0 amide bonds. The highest BCUT2D eigenvalue weighted by atomic mass is 32.1. The molecule has 2 nitrogen and oxygen atoms in total. The van der Waals surface area contributed by atoms with E-state index in [0.29, 0.717) is 5.41 Å². The molecule has 1 aliphatic rings. The number of fused-ring (bicyclic) bond motifs is 1. The van der Waals surface area contributed by atoms with Crippen molar-refractivity contribution in [1.82, 2.24) is 10.3 Å². The second-order valence-corrected chi connectivity index (χ2v) is 7.12. The van der Waals surface area contributed by atoms with Gasteiger partial charge in [-0.2, -0.15) is 0 Å². The number of nitrogens with one attached hydrogen (secondary N) is 1. The standard InChI is InChI=1S/C18H24N2S/c1-14-17(21-13-20-14)9-11-18(12-19-2)10-5-7-15-6-3-4-8-16(15)18/h3-4,6,8,13,19H,5,7,9-12H2,1-2H3. The number of benzene rings is 1. The van der Waals surface area contributed by atoms with Crippen molar-refractivity contribution in [1.29, 1.82) is 0 Å². The summed E-state index contributed by atoms with van der Waals surface area (Å²) in [7, 11) is 2.08. The Morgan fingerprint density at radius 3 is 2.95 bits per heavy atom. The largest absolute Gasteiger partial charge is 0.319 e. The van der Waals surface area contributed by atoms with Crippen molar-refractivity contribution in [2.24, 2.45) is 0 Å². The predicted molar refractivity (Wildman–Crippen MR) is 90.2 cm³/mol. The van der Waals surface area contributed by atoms with Gasteiger partial charge >= 0.3 is 0 Å². The van der Waals surface area contributed by atoms with Crippen LogP contribution in [0.1, 0.15) is 41.0 Å². The van der Waals surface area contributed by atoms with E-state index in [4.69, 9.17) is 0 Å². The zero-order valence-electron chi connectivity index (χ0n) is 13.0. The molecular formula is C18H24N2S. The monoisotopic (exact) mass is 300 g/mol. The van der Waals surface area contributed by atoms with Crippen LogP contribution in [-0.2, 0) is 18.3 Å². The van der Waals surface area contributed by atoms with E-state index in [1.54, 1.807) is 22.5 Å². The number of thiazole rings is 1. The molecule has 1 unspecified atom stereocenters. The number of hydrogen-bond acceptors (Lipinski definition) is 3. The molecule has 1 heterocycles. The molecule has 0 radical (unpaired) electrons. The first kappa shape index (κ1) is 14.7. The van der Waals surface area contributed by atoms with Gasteiger partial charge in [0.2, 0.25) is 0 Å². The van der Waals surface area contributed by atoms with Gasteiger partial charge in [0.05, 0.1) is 11.2 Å². The quantitative estimate of drug-likeness (QED) is 0.906. The number of nitrogens with zero attached hydrogens (tertiary/aromatic N) is 1. The van der Waals surface area contributed by atoms with Gasteiger partial charge in [0, 0.05) is 16.8 Å². The smallest absolute Gasteiger partial charge is 0.0797 e. The summed E-state index contributed by atoms with van der Waals surface area (Å²) in [5.74, 6) is 0. The van der Waals surface area contributed by atoms with Crippen molar-refractivity contribution in [3.8, 4) is 0 Å². The molecule has 0 aliphatic heterocycles. The van der Waals surface area contributed by atoms with E-state index < -0.39 is 0 Å². The van der Waals surface area contributed by atoms with E-state index in [1.165, 1.54) is 36.3 Å². The number of aromatic nitrogens is 1. The summed E-state index contributed by atoms with van der Waals surface area (Å²) < 4.78 is 0. The Kier molecular flexibility index (Phi) is 4.41. The fourth-order valence-corrected chi connectivity index (χ4v) is 4.58. The first-order valence-corrected chi connectivity index (χ1v) is 8.75. The molecule has 0 saturated carbocycles. The third-order valence-corrected chi connectivity index (χ3v) is 5.88. The van der Waals surface area contributed by atoms with Crippen LogP contribution in [0.4, 0.5) is 0 Å². The third-order valence-electron chi connectivity index (χ3n) is 4.88. The number of aryl methyl sites for hydroxylation is 3. The molecule has 1 aromatic heterocycles. The van der Waals surface area contributed by atoms with Gasteiger partial charge in [0.1, 0.15) is 0 Å². The Morgan fingerprint density at radius 2 is 2.19 bits per heavy atom. The maximum Gasteiger partial charge on any atom is 0.0797 e. The topological polar surface area (TPSA) is 24.9 Å². The Bertz CT molecular complexity index is 605. The maximum atomic E-state index is 4.40. The summed E-state index contributed by atoms with van der Waals surface area (Å²) >= 11 is 1.80. The van der Waals surface area contributed by atoms with Crippen molar-refractivity contribution < 1.29 is 0 Å². The number of hydrogen-bond donors (Lipinski definition) is 1. The molecule has 3 rings (SSSR count). The van der Waals surface area contributed by atoms with Crippen molar-refractivity contribution in [3.05, 3.63) is 51.5 Å². The molecule has 2 aromatic rings. The van der Waals surface area contributed by atoms with Crippen molar-refractivity contribution in [2.75, 3.05) is 13.6 Å². The van der Waals surface area contributed by atoms with E-state index in [0.717, 1.165) is 13.0 Å².